The molecule has 0 saturated heterocycles. The van der Waals surface area contributed by atoms with Crippen LogP contribution in [-0.4, -0.2) is 28.0 Å². The highest BCUT2D eigenvalue weighted by molar-refractivity contribution is 5.89. The van der Waals surface area contributed by atoms with Gasteiger partial charge in [-0.05, 0) is 25.1 Å². The van der Waals surface area contributed by atoms with Gasteiger partial charge in [0, 0.05) is 24.8 Å². The van der Waals surface area contributed by atoms with Crippen molar-refractivity contribution in [1.82, 2.24) is 9.78 Å². The summed E-state index contributed by atoms with van der Waals surface area (Å²) >= 11 is 0. The van der Waals surface area contributed by atoms with Crippen LogP contribution in [0.4, 0.5) is 5.69 Å². The van der Waals surface area contributed by atoms with Crippen LogP contribution in [0.2, 0.25) is 0 Å². The van der Waals surface area contributed by atoms with Gasteiger partial charge in [0.2, 0.25) is 0 Å². The van der Waals surface area contributed by atoms with Gasteiger partial charge in [0.15, 0.2) is 0 Å². The zero-order chi connectivity index (χ0) is 14.5. The van der Waals surface area contributed by atoms with Gasteiger partial charge >= 0.3 is 5.97 Å². The first-order valence-corrected chi connectivity index (χ1v) is 6.30. The highest BCUT2D eigenvalue weighted by Gasteiger charge is 2.09. The van der Waals surface area contributed by atoms with E-state index in [0.29, 0.717) is 18.0 Å². The van der Waals surface area contributed by atoms with Crippen LogP contribution in [0.25, 0.3) is 0 Å². The summed E-state index contributed by atoms with van der Waals surface area (Å²) in [5.74, 6) is -0.354. The molecule has 6 heteroatoms. The van der Waals surface area contributed by atoms with E-state index >= 15 is 0 Å². The normalized spacial score (nSPS) is 10.3. The molecule has 6 nitrogen and oxygen atoms in total. The first-order chi connectivity index (χ1) is 9.63. The molecule has 1 aromatic carbocycles. The molecule has 2 rings (SSSR count). The molecule has 2 aromatic rings. The van der Waals surface area contributed by atoms with Gasteiger partial charge in [-0.25, -0.2) is 4.79 Å². The van der Waals surface area contributed by atoms with E-state index in [1.54, 1.807) is 25.4 Å². The van der Waals surface area contributed by atoms with Crippen LogP contribution in [0.5, 0.6) is 5.75 Å². The van der Waals surface area contributed by atoms with Crippen molar-refractivity contribution in [2.45, 2.75) is 20.0 Å². The van der Waals surface area contributed by atoms with E-state index in [1.165, 1.54) is 6.07 Å². The van der Waals surface area contributed by atoms with Gasteiger partial charge in [-0.3, -0.25) is 4.68 Å². The molecule has 1 heterocycles. The minimum atomic E-state index is -0.963. The van der Waals surface area contributed by atoms with Crippen molar-refractivity contribution in [3.8, 4) is 5.75 Å². The molecule has 0 aliphatic heterocycles. The number of rotatable bonds is 6. The lowest BCUT2D eigenvalue weighted by molar-refractivity contribution is 0.0697. The Bertz CT molecular complexity index is 607. The summed E-state index contributed by atoms with van der Waals surface area (Å²) in [6.45, 7) is 3.39. The molecule has 20 heavy (non-hydrogen) atoms. The average molecular weight is 275 g/mol. The fourth-order valence-electron chi connectivity index (χ4n) is 1.85. The Kier molecular flexibility index (Phi) is 4.24. The smallest absolute Gasteiger partial charge is 0.335 e. The third-order valence-corrected chi connectivity index (χ3v) is 2.94. The molecule has 0 unspecified atom stereocenters. The van der Waals surface area contributed by atoms with Crippen LogP contribution < -0.4 is 10.1 Å². The highest BCUT2D eigenvalue weighted by Crippen LogP contribution is 2.26. The van der Waals surface area contributed by atoms with E-state index < -0.39 is 5.97 Å². The number of ether oxygens (including phenoxy) is 1. The number of hydrogen-bond donors (Lipinski definition) is 2. The third-order valence-electron chi connectivity index (χ3n) is 2.94. The molecule has 0 spiro atoms. The highest BCUT2D eigenvalue weighted by atomic mass is 16.5. The summed E-state index contributed by atoms with van der Waals surface area (Å²) in [5, 5.41) is 16.4. The monoisotopic (exact) mass is 275 g/mol. The predicted octanol–water partition coefficient (Wildman–Crippen LogP) is 2.22. The number of hydrogen-bond acceptors (Lipinski definition) is 4. The third kappa shape index (κ3) is 3.09. The quantitative estimate of drug-likeness (QED) is 0.845. The van der Waals surface area contributed by atoms with E-state index in [-0.39, 0.29) is 5.56 Å². The Labute approximate surface area is 117 Å². The van der Waals surface area contributed by atoms with Crippen LogP contribution in [0.3, 0.4) is 0 Å². The molecule has 0 fully saturated rings. The van der Waals surface area contributed by atoms with E-state index in [2.05, 4.69) is 10.4 Å². The van der Waals surface area contributed by atoms with Crippen LogP contribution in [0.15, 0.2) is 30.6 Å². The number of aromatic carboxylic acids is 1. The van der Waals surface area contributed by atoms with Gasteiger partial charge < -0.3 is 15.2 Å². The van der Waals surface area contributed by atoms with E-state index in [4.69, 9.17) is 9.84 Å². The maximum Gasteiger partial charge on any atom is 0.335 e. The zero-order valence-corrected chi connectivity index (χ0v) is 11.5. The van der Waals surface area contributed by atoms with Gasteiger partial charge in [-0.1, -0.05) is 0 Å². The summed E-state index contributed by atoms with van der Waals surface area (Å²) in [5.41, 5.74) is 1.89. The van der Waals surface area contributed by atoms with E-state index in [9.17, 15) is 4.79 Å². The summed E-state index contributed by atoms with van der Waals surface area (Å²) in [7, 11) is 1.55. The Morgan fingerprint density at radius 1 is 1.50 bits per heavy atom. The average Bonchev–Trinajstić information content (AvgIpc) is 2.92. The lowest BCUT2D eigenvalue weighted by Crippen LogP contribution is -2.03. The van der Waals surface area contributed by atoms with Crippen molar-refractivity contribution in [2.75, 3.05) is 12.4 Å². The molecule has 0 aliphatic rings. The standard InChI is InChI=1S/C14H17N3O3/c1-3-17-9-10(8-16-17)7-15-12-6-11(14(18)19)4-5-13(12)20-2/h4-6,8-9,15H,3,7H2,1-2H3,(H,18,19). The number of aromatic nitrogens is 2. The SMILES string of the molecule is CCn1cc(CNc2cc(C(=O)O)ccc2OC)cn1. The van der Waals surface area contributed by atoms with Gasteiger partial charge in [0.1, 0.15) is 5.75 Å². The number of aryl methyl sites for hydroxylation is 1. The Hall–Kier alpha value is -2.50. The molecule has 0 saturated carbocycles. The summed E-state index contributed by atoms with van der Waals surface area (Å²) in [6.07, 6.45) is 3.73. The van der Waals surface area contributed by atoms with Crippen LogP contribution in [0.1, 0.15) is 22.8 Å². The molecular weight excluding hydrogens is 258 g/mol. The topological polar surface area (TPSA) is 76.4 Å². The molecule has 0 radical (unpaired) electrons. The number of carboxylic acids is 1. The van der Waals surface area contributed by atoms with Crippen LogP contribution in [-0.2, 0) is 13.1 Å². The number of carbonyl (C=O) groups is 1. The number of nitrogens with zero attached hydrogens (tertiary/aromatic N) is 2. The van der Waals surface area contributed by atoms with Crippen molar-refractivity contribution >= 4 is 11.7 Å². The van der Waals surface area contributed by atoms with Crippen molar-refractivity contribution in [3.05, 3.63) is 41.7 Å². The molecule has 0 atom stereocenters. The van der Waals surface area contributed by atoms with Crippen molar-refractivity contribution in [1.29, 1.82) is 0 Å². The number of methoxy groups -OCH3 is 1. The van der Waals surface area contributed by atoms with E-state index in [1.807, 2.05) is 17.8 Å². The van der Waals surface area contributed by atoms with Crippen LogP contribution in [0, 0.1) is 0 Å². The van der Waals surface area contributed by atoms with E-state index in [0.717, 1.165) is 12.1 Å². The molecule has 0 bridgehead atoms. The Morgan fingerprint density at radius 3 is 2.90 bits per heavy atom. The van der Waals surface area contributed by atoms with Crippen LogP contribution >= 0.6 is 0 Å². The Morgan fingerprint density at radius 2 is 2.30 bits per heavy atom. The van der Waals surface area contributed by atoms with Crippen molar-refractivity contribution < 1.29 is 14.6 Å². The van der Waals surface area contributed by atoms with Crippen molar-refractivity contribution in [2.24, 2.45) is 0 Å². The number of benzene rings is 1. The summed E-state index contributed by atoms with van der Waals surface area (Å²) < 4.78 is 7.05. The fourth-order valence-corrected chi connectivity index (χ4v) is 1.85. The molecule has 2 N–H and O–H groups in total. The predicted molar refractivity (Wildman–Crippen MR) is 75.2 cm³/mol. The maximum absolute atomic E-state index is 11.0. The van der Waals surface area contributed by atoms with Gasteiger partial charge in [0.05, 0.1) is 24.6 Å². The summed E-state index contributed by atoms with van der Waals surface area (Å²) in [4.78, 5) is 11.0. The molecular formula is C14H17N3O3. The first kappa shape index (κ1) is 13.9. The van der Waals surface area contributed by atoms with Gasteiger partial charge in [-0.15, -0.1) is 0 Å². The largest absolute Gasteiger partial charge is 0.495 e. The minimum absolute atomic E-state index is 0.220. The fraction of sp³-hybridized carbons (Fsp3) is 0.286. The second kappa shape index (κ2) is 6.10. The molecule has 106 valence electrons. The zero-order valence-electron chi connectivity index (χ0n) is 11.5. The lowest BCUT2D eigenvalue weighted by Gasteiger charge is -2.11. The second-order valence-electron chi connectivity index (χ2n) is 4.28. The first-order valence-electron chi connectivity index (χ1n) is 6.30. The van der Waals surface area contributed by atoms with Crippen molar-refractivity contribution in [3.63, 3.8) is 0 Å². The number of carboxylic acid groups (broad SMARTS) is 1. The second-order valence-corrected chi connectivity index (χ2v) is 4.28. The lowest BCUT2D eigenvalue weighted by atomic mass is 10.2. The molecule has 0 amide bonds. The number of anilines is 1. The maximum atomic E-state index is 11.0. The minimum Gasteiger partial charge on any atom is -0.495 e. The number of nitrogens with one attached hydrogen (secondary N) is 1. The summed E-state index contributed by atoms with van der Waals surface area (Å²) in [6, 6.07) is 4.72. The Balaban J connectivity index is 2.14. The van der Waals surface area contributed by atoms with Gasteiger partial charge in [0.25, 0.3) is 0 Å². The molecule has 1 aromatic heterocycles. The molecule has 0 aliphatic carbocycles. The van der Waals surface area contributed by atoms with Gasteiger partial charge in [-0.2, -0.15) is 5.10 Å².